The van der Waals surface area contributed by atoms with Crippen molar-refractivity contribution in [2.75, 3.05) is 4.90 Å². The van der Waals surface area contributed by atoms with Crippen molar-refractivity contribution in [2.45, 2.75) is 63.2 Å². The molecule has 0 saturated heterocycles. The number of benzene rings is 6. The number of hydrogen-bond acceptors (Lipinski definition) is 2. The first kappa shape index (κ1) is 29.0. The van der Waals surface area contributed by atoms with Crippen LogP contribution in [0.15, 0.2) is 127 Å². The van der Waals surface area contributed by atoms with E-state index < -0.39 is 0 Å². The molecule has 5 aliphatic carbocycles. The molecular formula is C49H41NS. The minimum Gasteiger partial charge on any atom is -0.310 e. The van der Waals surface area contributed by atoms with Crippen LogP contribution in [0.2, 0.25) is 0 Å². The smallest absolute Gasteiger partial charge is 0.0543 e. The zero-order valence-corrected chi connectivity index (χ0v) is 30.1. The van der Waals surface area contributed by atoms with E-state index in [2.05, 4.69) is 146 Å². The van der Waals surface area contributed by atoms with Crippen molar-refractivity contribution >= 4 is 48.6 Å². The molecule has 0 radical (unpaired) electrons. The fraction of sp³-hybridized carbons (Fsp3) is 0.265. The van der Waals surface area contributed by atoms with Gasteiger partial charge in [0.2, 0.25) is 0 Å². The van der Waals surface area contributed by atoms with E-state index in [9.17, 15) is 0 Å². The van der Waals surface area contributed by atoms with Crippen molar-refractivity contribution in [1.82, 2.24) is 0 Å². The Balaban J connectivity index is 1.13. The van der Waals surface area contributed by atoms with Crippen molar-refractivity contribution in [2.24, 2.45) is 17.3 Å². The van der Waals surface area contributed by atoms with Gasteiger partial charge in [-0.05, 0) is 137 Å². The van der Waals surface area contributed by atoms with Gasteiger partial charge in [0.05, 0.1) is 5.69 Å². The van der Waals surface area contributed by atoms with E-state index in [0.717, 1.165) is 11.8 Å². The van der Waals surface area contributed by atoms with E-state index in [0.29, 0.717) is 17.3 Å². The fourth-order valence-corrected chi connectivity index (χ4v) is 13.4. The van der Waals surface area contributed by atoms with Gasteiger partial charge in [-0.2, -0.15) is 0 Å². The van der Waals surface area contributed by atoms with Crippen molar-refractivity contribution in [3.8, 4) is 22.3 Å². The van der Waals surface area contributed by atoms with Crippen LogP contribution in [-0.4, -0.2) is 0 Å². The van der Waals surface area contributed by atoms with E-state index >= 15 is 0 Å². The largest absolute Gasteiger partial charge is 0.310 e. The number of fused-ring (bicyclic) bond motifs is 13. The van der Waals surface area contributed by atoms with Crippen LogP contribution < -0.4 is 4.90 Å². The maximum absolute atomic E-state index is 2.63. The molecule has 1 spiro atoms. The monoisotopic (exact) mass is 675 g/mol. The summed E-state index contributed by atoms with van der Waals surface area (Å²) >= 11 is 1.92. The van der Waals surface area contributed by atoms with Gasteiger partial charge in [-0.1, -0.05) is 105 Å². The maximum Gasteiger partial charge on any atom is 0.0543 e. The van der Waals surface area contributed by atoms with Gasteiger partial charge in [0.25, 0.3) is 0 Å². The van der Waals surface area contributed by atoms with Crippen molar-refractivity contribution in [3.05, 3.63) is 150 Å². The minimum atomic E-state index is -0.0717. The Morgan fingerprint density at radius 3 is 2.27 bits per heavy atom. The fourth-order valence-electron chi connectivity index (χ4n) is 12.3. The SMILES string of the molecule is CC1(C)c2ccccc2-c2ccc(N(c3ccc4c(c3)sc3ccccc34)c3cccc4c3-c3ccccc3C3CC5CC6CC4C6(C5)C3)cc21. The van der Waals surface area contributed by atoms with Crippen molar-refractivity contribution < 1.29 is 0 Å². The molecule has 5 unspecified atom stereocenters. The van der Waals surface area contributed by atoms with E-state index in [-0.39, 0.29) is 5.41 Å². The molecule has 248 valence electrons. The summed E-state index contributed by atoms with van der Waals surface area (Å²) in [7, 11) is 0. The molecule has 5 aliphatic rings. The third-order valence-electron chi connectivity index (χ3n) is 14.4. The highest BCUT2D eigenvalue weighted by molar-refractivity contribution is 7.25. The molecule has 1 nitrogen and oxygen atoms in total. The third kappa shape index (κ3) is 3.77. The maximum atomic E-state index is 2.63. The molecule has 5 atom stereocenters. The van der Waals surface area contributed by atoms with Gasteiger partial charge < -0.3 is 4.90 Å². The number of nitrogens with zero attached hydrogens (tertiary/aromatic N) is 1. The van der Waals surface area contributed by atoms with Crippen LogP contribution in [0.5, 0.6) is 0 Å². The van der Waals surface area contributed by atoms with Crippen LogP contribution in [0, 0.1) is 17.3 Å². The van der Waals surface area contributed by atoms with E-state index in [1.165, 1.54) is 103 Å². The van der Waals surface area contributed by atoms with Crippen LogP contribution in [0.25, 0.3) is 42.4 Å². The lowest BCUT2D eigenvalue weighted by atomic mass is 9.47. The summed E-state index contributed by atoms with van der Waals surface area (Å²) in [6, 6.07) is 49.3. The van der Waals surface area contributed by atoms with Crippen LogP contribution >= 0.6 is 11.3 Å². The minimum absolute atomic E-state index is 0.0717. The average Bonchev–Trinajstić information content (AvgIpc) is 3.70. The summed E-state index contributed by atoms with van der Waals surface area (Å²) in [6.07, 6.45) is 7.01. The van der Waals surface area contributed by atoms with Crippen molar-refractivity contribution in [3.63, 3.8) is 0 Å². The van der Waals surface area contributed by atoms with E-state index in [1.54, 1.807) is 11.1 Å². The summed E-state index contributed by atoms with van der Waals surface area (Å²) in [5.41, 5.74) is 15.9. The number of thiophene rings is 1. The second kappa shape index (κ2) is 10.0. The molecule has 3 fully saturated rings. The second-order valence-corrected chi connectivity index (χ2v) is 18.1. The van der Waals surface area contributed by atoms with E-state index in [1.807, 2.05) is 11.3 Å². The molecule has 3 saturated carbocycles. The summed E-state index contributed by atoms with van der Waals surface area (Å²) in [6.45, 7) is 4.81. The molecule has 1 aromatic heterocycles. The molecule has 6 aromatic carbocycles. The lowest BCUT2D eigenvalue weighted by Gasteiger charge is -2.57. The molecular weight excluding hydrogens is 635 g/mol. The average molecular weight is 676 g/mol. The van der Waals surface area contributed by atoms with E-state index in [4.69, 9.17) is 0 Å². The second-order valence-electron chi connectivity index (χ2n) is 17.0. The highest BCUT2D eigenvalue weighted by Crippen LogP contribution is 2.75. The van der Waals surface area contributed by atoms with Gasteiger partial charge in [0.1, 0.15) is 0 Å². The van der Waals surface area contributed by atoms with Gasteiger partial charge in [-0.3, -0.25) is 0 Å². The van der Waals surface area contributed by atoms with Gasteiger partial charge in [-0.25, -0.2) is 0 Å². The summed E-state index contributed by atoms with van der Waals surface area (Å²) in [5.74, 6) is 3.13. The standard InChI is InChI=1S/C49H41NS/c1-48(2)41-15-7-5-11-35(41)36-20-18-32(25-42(36)48)50(33-19-21-38-37-12-6-8-17-45(37)51-46(38)26-33)44-16-9-14-40-43-24-31-23-29-22-30(28-49(31,43)27-29)34-10-3-4-13-39(34)47(40)44/h3-21,25-26,29-31,43H,22-24,27-28H2,1-2H3. The molecule has 2 heteroatoms. The Labute approximate surface area is 304 Å². The predicted molar refractivity (Wildman–Crippen MR) is 215 cm³/mol. The molecule has 12 rings (SSSR count). The Kier molecular flexibility index (Phi) is 5.69. The first-order chi connectivity index (χ1) is 25.0. The molecule has 1 heterocycles. The molecule has 7 aromatic rings. The highest BCUT2D eigenvalue weighted by atomic mass is 32.1. The van der Waals surface area contributed by atoms with Crippen molar-refractivity contribution in [1.29, 1.82) is 0 Å². The molecule has 0 N–H and O–H groups in total. The Morgan fingerprint density at radius 2 is 1.33 bits per heavy atom. The molecule has 3 bridgehead atoms. The molecule has 0 amide bonds. The van der Waals surface area contributed by atoms with Gasteiger partial charge in [0, 0.05) is 42.5 Å². The topological polar surface area (TPSA) is 3.24 Å². The predicted octanol–water partition coefficient (Wildman–Crippen LogP) is 13.9. The van der Waals surface area contributed by atoms with Crippen LogP contribution in [0.1, 0.15) is 80.0 Å². The lowest BCUT2D eigenvalue weighted by Crippen LogP contribution is -2.46. The van der Waals surface area contributed by atoms with Gasteiger partial charge >= 0.3 is 0 Å². The number of anilines is 3. The zero-order chi connectivity index (χ0) is 33.6. The van der Waals surface area contributed by atoms with Crippen LogP contribution in [-0.2, 0) is 5.41 Å². The zero-order valence-electron chi connectivity index (χ0n) is 29.3. The summed E-state index contributed by atoms with van der Waals surface area (Å²) in [4.78, 5) is 2.63. The number of hydrogen-bond donors (Lipinski definition) is 0. The van der Waals surface area contributed by atoms with Gasteiger partial charge in [0.15, 0.2) is 0 Å². The normalized spacial score (nSPS) is 25.7. The first-order valence-corrected chi connectivity index (χ1v) is 20.0. The Hall–Kier alpha value is -4.66. The van der Waals surface area contributed by atoms with Crippen LogP contribution in [0.3, 0.4) is 0 Å². The quantitative estimate of drug-likeness (QED) is 0.180. The van der Waals surface area contributed by atoms with Crippen LogP contribution in [0.4, 0.5) is 17.1 Å². The first-order valence-electron chi connectivity index (χ1n) is 19.2. The highest BCUT2D eigenvalue weighted by Gasteiger charge is 2.63. The molecule has 51 heavy (non-hydrogen) atoms. The Bertz CT molecular complexity index is 2610. The Morgan fingerprint density at radius 1 is 0.588 bits per heavy atom. The summed E-state index contributed by atoms with van der Waals surface area (Å²) in [5, 5.41) is 2.70. The molecule has 0 aliphatic heterocycles. The van der Waals surface area contributed by atoms with Gasteiger partial charge in [-0.15, -0.1) is 11.3 Å². The summed E-state index contributed by atoms with van der Waals surface area (Å²) < 4.78 is 2.70. The third-order valence-corrected chi connectivity index (χ3v) is 15.5. The lowest BCUT2D eigenvalue weighted by molar-refractivity contribution is -0.000388. The number of rotatable bonds is 3.